The van der Waals surface area contributed by atoms with Gasteiger partial charge in [0, 0.05) is 5.70 Å². The average molecular weight is 125 g/mol. The van der Waals surface area contributed by atoms with Crippen LogP contribution in [0.2, 0.25) is 0 Å². The minimum absolute atomic E-state index is 1.11. The van der Waals surface area contributed by atoms with Crippen molar-refractivity contribution in [3.63, 3.8) is 0 Å². The summed E-state index contributed by atoms with van der Waals surface area (Å²) in [6, 6.07) is 0. The maximum atomic E-state index is 5.67. The fourth-order valence-corrected chi connectivity index (χ4v) is 1.22. The lowest BCUT2D eigenvalue weighted by Gasteiger charge is -2.05. The second-order valence-electron chi connectivity index (χ2n) is 2.73. The molecule has 0 fully saturated rings. The van der Waals surface area contributed by atoms with Crippen LogP contribution in [0.1, 0.15) is 38.5 Å². The molecule has 0 atom stereocenters. The Morgan fingerprint density at radius 1 is 1.11 bits per heavy atom. The summed E-state index contributed by atoms with van der Waals surface area (Å²) in [6.45, 7) is 0. The summed E-state index contributed by atoms with van der Waals surface area (Å²) in [5.74, 6) is 0. The number of allylic oxidation sites excluding steroid dienone is 2. The van der Waals surface area contributed by atoms with Crippen LogP contribution in [0.15, 0.2) is 11.8 Å². The molecule has 0 amide bonds. The van der Waals surface area contributed by atoms with Gasteiger partial charge in [-0.2, -0.15) is 0 Å². The highest BCUT2D eigenvalue weighted by atomic mass is 14.6. The van der Waals surface area contributed by atoms with Crippen LogP contribution in [0.4, 0.5) is 0 Å². The molecule has 1 heteroatoms. The highest BCUT2D eigenvalue weighted by molar-refractivity contribution is 4.96. The van der Waals surface area contributed by atoms with Gasteiger partial charge in [-0.15, -0.1) is 0 Å². The Balaban J connectivity index is 2.32. The van der Waals surface area contributed by atoms with Crippen molar-refractivity contribution in [2.45, 2.75) is 38.5 Å². The highest BCUT2D eigenvalue weighted by Gasteiger charge is 1.96. The van der Waals surface area contributed by atoms with E-state index in [0.29, 0.717) is 0 Å². The lowest BCUT2D eigenvalue weighted by molar-refractivity contribution is 0.622. The Hall–Kier alpha value is -0.460. The molecule has 0 aliphatic heterocycles. The molecule has 1 aliphatic rings. The highest BCUT2D eigenvalue weighted by Crippen LogP contribution is 2.12. The molecule has 1 rings (SSSR count). The van der Waals surface area contributed by atoms with Gasteiger partial charge in [0.2, 0.25) is 0 Å². The smallest absolute Gasteiger partial charge is 0.00399 e. The summed E-state index contributed by atoms with van der Waals surface area (Å²) >= 11 is 0. The third kappa shape index (κ3) is 2.54. The van der Waals surface area contributed by atoms with Crippen molar-refractivity contribution in [1.82, 2.24) is 0 Å². The van der Waals surface area contributed by atoms with Crippen molar-refractivity contribution in [3.8, 4) is 0 Å². The van der Waals surface area contributed by atoms with Crippen LogP contribution in [0.25, 0.3) is 0 Å². The van der Waals surface area contributed by atoms with Gasteiger partial charge in [-0.05, 0) is 25.7 Å². The third-order valence-corrected chi connectivity index (χ3v) is 1.83. The first-order valence-corrected chi connectivity index (χ1v) is 3.84. The Morgan fingerprint density at radius 3 is 2.78 bits per heavy atom. The molecule has 0 unspecified atom stereocenters. The lowest BCUT2D eigenvalue weighted by Crippen LogP contribution is -1.98. The number of nitrogens with two attached hydrogens (primary N) is 1. The molecule has 0 heterocycles. The maximum absolute atomic E-state index is 5.67. The fourth-order valence-electron chi connectivity index (χ4n) is 1.22. The van der Waals surface area contributed by atoms with E-state index in [4.69, 9.17) is 5.73 Å². The molecule has 1 aliphatic carbocycles. The molecule has 0 saturated heterocycles. The SMILES string of the molecule is NC1=CCCCCCC1. The predicted molar refractivity (Wildman–Crippen MR) is 40.0 cm³/mol. The zero-order valence-corrected chi connectivity index (χ0v) is 5.90. The largest absolute Gasteiger partial charge is 0.402 e. The van der Waals surface area contributed by atoms with E-state index in [1.807, 2.05) is 0 Å². The Morgan fingerprint density at radius 2 is 1.89 bits per heavy atom. The minimum atomic E-state index is 1.11. The topological polar surface area (TPSA) is 26.0 Å². The second-order valence-corrected chi connectivity index (χ2v) is 2.73. The molecule has 52 valence electrons. The van der Waals surface area contributed by atoms with Crippen LogP contribution in [0.3, 0.4) is 0 Å². The van der Waals surface area contributed by atoms with Gasteiger partial charge in [-0.1, -0.05) is 18.9 Å². The van der Waals surface area contributed by atoms with Crippen LogP contribution in [0.5, 0.6) is 0 Å². The van der Waals surface area contributed by atoms with Gasteiger partial charge in [-0.3, -0.25) is 0 Å². The standard InChI is InChI=1S/C8H15N/c9-8-6-4-2-1-3-5-7-8/h6H,1-5,7,9H2. The molecule has 1 nitrogen and oxygen atoms in total. The van der Waals surface area contributed by atoms with Crippen LogP contribution in [-0.4, -0.2) is 0 Å². The predicted octanol–water partition coefficient (Wildman–Crippen LogP) is 2.18. The first-order chi connectivity index (χ1) is 4.39. The van der Waals surface area contributed by atoms with Gasteiger partial charge in [-0.25, -0.2) is 0 Å². The molecular weight excluding hydrogens is 110 g/mol. The van der Waals surface area contributed by atoms with Gasteiger partial charge >= 0.3 is 0 Å². The molecular formula is C8H15N. The summed E-state index contributed by atoms with van der Waals surface area (Å²) in [4.78, 5) is 0. The van der Waals surface area contributed by atoms with Crippen LogP contribution < -0.4 is 5.73 Å². The molecule has 0 spiro atoms. The number of rotatable bonds is 0. The first-order valence-electron chi connectivity index (χ1n) is 3.84. The Labute approximate surface area is 56.9 Å². The fraction of sp³-hybridized carbons (Fsp3) is 0.750. The zero-order chi connectivity index (χ0) is 6.53. The minimum Gasteiger partial charge on any atom is -0.402 e. The second kappa shape index (κ2) is 3.54. The van der Waals surface area contributed by atoms with E-state index in [1.165, 1.54) is 32.1 Å². The third-order valence-electron chi connectivity index (χ3n) is 1.83. The summed E-state index contributed by atoms with van der Waals surface area (Å²) in [5.41, 5.74) is 6.77. The van der Waals surface area contributed by atoms with Gasteiger partial charge in [0.15, 0.2) is 0 Å². The molecule has 0 saturated carbocycles. The van der Waals surface area contributed by atoms with Crippen molar-refractivity contribution in [3.05, 3.63) is 11.8 Å². The van der Waals surface area contributed by atoms with Gasteiger partial charge in [0.05, 0.1) is 0 Å². The van der Waals surface area contributed by atoms with Crippen molar-refractivity contribution in [1.29, 1.82) is 0 Å². The van der Waals surface area contributed by atoms with E-state index in [2.05, 4.69) is 6.08 Å². The van der Waals surface area contributed by atoms with Crippen molar-refractivity contribution >= 4 is 0 Å². The van der Waals surface area contributed by atoms with E-state index < -0.39 is 0 Å². The molecule has 0 aromatic heterocycles. The molecule has 0 aromatic carbocycles. The first kappa shape index (κ1) is 6.66. The van der Waals surface area contributed by atoms with E-state index in [9.17, 15) is 0 Å². The molecule has 9 heavy (non-hydrogen) atoms. The molecule has 0 radical (unpaired) electrons. The van der Waals surface area contributed by atoms with E-state index >= 15 is 0 Å². The van der Waals surface area contributed by atoms with Crippen LogP contribution in [-0.2, 0) is 0 Å². The molecule has 0 aromatic rings. The maximum Gasteiger partial charge on any atom is 0.00399 e. The van der Waals surface area contributed by atoms with Gasteiger partial charge in [0.1, 0.15) is 0 Å². The average Bonchev–Trinajstić information content (AvgIpc) is 1.79. The lowest BCUT2D eigenvalue weighted by atomic mass is 10.0. The Kier molecular flexibility index (Phi) is 2.62. The summed E-state index contributed by atoms with van der Waals surface area (Å²) < 4.78 is 0. The summed E-state index contributed by atoms with van der Waals surface area (Å²) in [5, 5.41) is 0. The van der Waals surface area contributed by atoms with E-state index in [0.717, 1.165) is 12.1 Å². The van der Waals surface area contributed by atoms with Crippen molar-refractivity contribution in [2.75, 3.05) is 0 Å². The van der Waals surface area contributed by atoms with Crippen molar-refractivity contribution < 1.29 is 0 Å². The van der Waals surface area contributed by atoms with E-state index in [1.54, 1.807) is 0 Å². The number of hydrogen-bond donors (Lipinski definition) is 1. The van der Waals surface area contributed by atoms with Gasteiger partial charge < -0.3 is 5.73 Å². The Bertz CT molecular complexity index is 105. The van der Waals surface area contributed by atoms with Gasteiger partial charge in [0.25, 0.3) is 0 Å². The zero-order valence-electron chi connectivity index (χ0n) is 5.90. The van der Waals surface area contributed by atoms with Crippen molar-refractivity contribution in [2.24, 2.45) is 5.73 Å². The van der Waals surface area contributed by atoms with Crippen LogP contribution >= 0.6 is 0 Å². The summed E-state index contributed by atoms with van der Waals surface area (Å²) in [7, 11) is 0. The summed E-state index contributed by atoms with van der Waals surface area (Å²) in [6.07, 6.45) is 9.90. The van der Waals surface area contributed by atoms with E-state index in [-0.39, 0.29) is 0 Å². The molecule has 2 N–H and O–H groups in total. The quantitative estimate of drug-likeness (QED) is 0.527. The number of hydrogen-bond acceptors (Lipinski definition) is 1. The molecule has 0 bridgehead atoms. The monoisotopic (exact) mass is 125 g/mol. The van der Waals surface area contributed by atoms with Crippen LogP contribution in [0, 0.1) is 0 Å². The normalized spacial score (nSPS) is 22.0.